The van der Waals surface area contributed by atoms with Gasteiger partial charge in [0.1, 0.15) is 0 Å². The lowest BCUT2D eigenvalue weighted by atomic mass is 10.4. The van der Waals surface area contributed by atoms with E-state index in [1.165, 1.54) is 0 Å². The van der Waals surface area contributed by atoms with Crippen molar-refractivity contribution in [3.05, 3.63) is 0 Å². The van der Waals surface area contributed by atoms with Crippen LogP contribution in [0.3, 0.4) is 0 Å². The molecule has 1 rings (SSSR count). The van der Waals surface area contributed by atoms with Crippen molar-refractivity contribution >= 4 is 10.8 Å². The predicted octanol–water partition coefficient (Wildman–Crippen LogP) is -0.323. The van der Waals surface area contributed by atoms with Gasteiger partial charge in [-0.1, -0.05) is 0 Å². The Morgan fingerprint density at radius 1 is 1.33 bits per heavy atom. The molecule has 0 aromatic heterocycles. The number of nitrogens with zero attached hydrogens (tertiary/aromatic N) is 1. The summed E-state index contributed by atoms with van der Waals surface area (Å²) in [7, 11) is -0.555. The Labute approximate surface area is 94.8 Å². The fraction of sp³-hybridized carbons (Fsp3) is 1.00. The van der Waals surface area contributed by atoms with Gasteiger partial charge in [-0.05, 0) is 6.92 Å². The summed E-state index contributed by atoms with van der Waals surface area (Å²) in [6, 6.07) is 0. The van der Waals surface area contributed by atoms with Crippen molar-refractivity contribution in [2.75, 3.05) is 57.4 Å². The molecule has 0 radical (unpaired) electrons. The number of rotatable bonds is 7. The van der Waals surface area contributed by atoms with Gasteiger partial charge in [0.15, 0.2) is 0 Å². The summed E-state index contributed by atoms with van der Waals surface area (Å²) in [5.74, 6) is 1.69. The molecule has 0 spiro atoms. The molecule has 0 aromatic carbocycles. The summed E-state index contributed by atoms with van der Waals surface area (Å²) in [5.41, 5.74) is 0. The zero-order chi connectivity index (χ0) is 10.9. The van der Waals surface area contributed by atoms with Gasteiger partial charge in [-0.2, -0.15) is 0 Å². The molecule has 1 fully saturated rings. The number of hydrogen-bond donors (Lipinski definition) is 1. The maximum absolute atomic E-state index is 11.1. The molecule has 0 aliphatic carbocycles. The molecule has 0 bridgehead atoms. The second-order valence-corrected chi connectivity index (χ2v) is 5.33. The quantitative estimate of drug-likeness (QED) is 0.613. The monoisotopic (exact) mass is 234 g/mol. The van der Waals surface area contributed by atoms with Crippen LogP contribution in [0.1, 0.15) is 6.92 Å². The lowest BCUT2D eigenvalue weighted by molar-refractivity contribution is 0.148. The molecule has 90 valence electrons. The van der Waals surface area contributed by atoms with Crippen molar-refractivity contribution in [1.82, 2.24) is 10.2 Å². The normalized spacial score (nSPS) is 19.5. The highest BCUT2D eigenvalue weighted by Crippen LogP contribution is 1.98. The standard InChI is InChI=1S/C10H22N2O2S/c1-2-14-8-4-11-3-5-12-6-9-15(13)10-7-12/h11H,2-10H2,1H3. The van der Waals surface area contributed by atoms with E-state index in [1.54, 1.807) is 0 Å². The molecular formula is C10H22N2O2S. The number of hydrogen-bond acceptors (Lipinski definition) is 4. The van der Waals surface area contributed by atoms with E-state index in [9.17, 15) is 4.21 Å². The highest BCUT2D eigenvalue weighted by molar-refractivity contribution is 7.85. The van der Waals surface area contributed by atoms with Crippen molar-refractivity contribution in [3.63, 3.8) is 0 Å². The first-order valence-electron chi connectivity index (χ1n) is 5.68. The predicted molar refractivity (Wildman–Crippen MR) is 63.7 cm³/mol. The Kier molecular flexibility index (Phi) is 7.17. The van der Waals surface area contributed by atoms with Crippen molar-refractivity contribution in [2.24, 2.45) is 0 Å². The lowest BCUT2D eigenvalue weighted by Crippen LogP contribution is -2.41. The summed E-state index contributed by atoms with van der Waals surface area (Å²) >= 11 is 0. The Morgan fingerprint density at radius 3 is 2.73 bits per heavy atom. The van der Waals surface area contributed by atoms with Gasteiger partial charge in [0.25, 0.3) is 0 Å². The second kappa shape index (κ2) is 8.21. The van der Waals surface area contributed by atoms with Crippen LogP contribution in [0.4, 0.5) is 0 Å². The van der Waals surface area contributed by atoms with Crippen LogP contribution >= 0.6 is 0 Å². The Bertz CT molecular complexity index is 180. The first kappa shape index (κ1) is 13.1. The third kappa shape index (κ3) is 6.25. The number of ether oxygens (including phenoxy) is 1. The van der Waals surface area contributed by atoms with Crippen LogP contribution in [0.5, 0.6) is 0 Å². The van der Waals surface area contributed by atoms with Crippen LogP contribution < -0.4 is 5.32 Å². The zero-order valence-corrected chi connectivity index (χ0v) is 10.4. The maximum atomic E-state index is 11.1. The molecule has 5 heteroatoms. The molecule has 1 aliphatic rings. The SMILES string of the molecule is CCOCCNCCN1CCS(=O)CC1. The molecule has 0 aromatic rings. The number of nitrogens with one attached hydrogen (secondary N) is 1. The Morgan fingerprint density at radius 2 is 2.07 bits per heavy atom. The van der Waals surface area contributed by atoms with Gasteiger partial charge in [0, 0.05) is 61.6 Å². The van der Waals surface area contributed by atoms with E-state index >= 15 is 0 Å². The molecule has 4 nitrogen and oxygen atoms in total. The highest BCUT2D eigenvalue weighted by Gasteiger charge is 2.13. The first-order valence-corrected chi connectivity index (χ1v) is 7.17. The summed E-state index contributed by atoms with van der Waals surface area (Å²) < 4.78 is 16.3. The molecule has 15 heavy (non-hydrogen) atoms. The molecule has 0 saturated carbocycles. The smallest absolute Gasteiger partial charge is 0.0590 e. The summed E-state index contributed by atoms with van der Waals surface area (Å²) in [6.45, 7) is 8.55. The molecule has 1 saturated heterocycles. The minimum atomic E-state index is -0.555. The fourth-order valence-electron chi connectivity index (χ4n) is 1.55. The molecule has 0 amide bonds. The van der Waals surface area contributed by atoms with Gasteiger partial charge >= 0.3 is 0 Å². The van der Waals surface area contributed by atoms with Crippen LogP contribution in [0, 0.1) is 0 Å². The van der Waals surface area contributed by atoms with Gasteiger partial charge in [0.05, 0.1) is 6.61 Å². The van der Waals surface area contributed by atoms with Gasteiger partial charge < -0.3 is 15.0 Å². The molecule has 1 N–H and O–H groups in total. The van der Waals surface area contributed by atoms with E-state index in [0.29, 0.717) is 0 Å². The minimum Gasteiger partial charge on any atom is -0.380 e. The van der Waals surface area contributed by atoms with Crippen LogP contribution in [-0.4, -0.2) is 66.6 Å². The first-order chi connectivity index (χ1) is 7.33. The third-order valence-corrected chi connectivity index (χ3v) is 3.78. The molecular weight excluding hydrogens is 212 g/mol. The van der Waals surface area contributed by atoms with Gasteiger partial charge in [-0.15, -0.1) is 0 Å². The van der Waals surface area contributed by atoms with E-state index in [-0.39, 0.29) is 0 Å². The van der Waals surface area contributed by atoms with Crippen LogP contribution in [0.15, 0.2) is 0 Å². The van der Waals surface area contributed by atoms with Crippen LogP contribution in [0.25, 0.3) is 0 Å². The fourth-order valence-corrected chi connectivity index (χ4v) is 2.68. The average molecular weight is 234 g/mol. The third-order valence-electron chi connectivity index (χ3n) is 2.50. The molecule has 1 heterocycles. The Balaban J connectivity index is 1.89. The maximum Gasteiger partial charge on any atom is 0.0590 e. The van der Waals surface area contributed by atoms with Crippen molar-refractivity contribution in [3.8, 4) is 0 Å². The van der Waals surface area contributed by atoms with Crippen molar-refractivity contribution in [1.29, 1.82) is 0 Å². The summed E-state index contributed by atoms with van der Waals surface area (Å²) in [6.07, 6.45) is 0. The Hall–Kier alpha value is 0.0300. The summed E-state index contributed by atoms with van der Waals surface area (Å²) in [4.78, 5) is 2.37. The van der Waals surface area contributed by atoms with E-state index in [0.717, 1.165) is 57.4 Å². The summed E-state index contributed by atoms with van der Waals surface area (Å²) in [5, 5.41) is 3.34. The van der Waals surface area contributed by atoms with E-state index in [4.69, 9.17) is 4.74 Å². The lowest BCUT2D eigenvalue weighted by Gasteiger charge is -2.25. The average Bonchev–Trinajstić information content (AvgIpc) is 2.26. The van der Waals surface area contributed by atoms with Crippen molar-refractivity contribution in [2.45, 2.75) is 6.92 Å². The van der Waals surface area contributed by atoms with E-state index in [1.807, 2.05) is 6.92 Å². The van der Waals surface area contributed by atoms with E-state index in [2.05, 4.69) is 10.2 Å². The molecule has 1 aliphatic heterocycles. The van der Waals surface area contributed by atoms with Crippen LogP contribution in [-0.2, 0) is 15.5 Å². The van der Waals surface area contributed by atoms with E-state index < -0.39 is 10.8 Å². The van der Waals surface area contributed by atoms with Crippen LogP contribution in [0.2, 0.25) is 0 Å². The second-order valence-electron chi connectivity index (χ2n) is 3.64. The molecule has 0 unspecified atom stereocenters. The highest BCUT2D eigenvalue weighted by atomic mass is 32.2. The van der Waals surface area contributed by atoms with Gasteiger partial charge in [-0.3, -0.25) is 4.21 Å². The minimum absolute atomic E-state index is 0.555. The van der Waals surface area contributed by atoms with Gasteiger partial charge in [0.2, 0.25) is 0 Å². The topological polar surface area (TPSA) is 41.6 Å². The molecule has 0 atom stereocenters. The van der Waals surface area contributed by atoms with Crippen molar-refractivity contribution < 1.29 is 8.95 Å². The largest absolute Gasteiger partial charge is 0.380 e. The zero-order valence-electron chi connectivity index (χ0n) is 9.54. The van der Waals surface area contributed by atoms with Gasteiger partial charge in [-0.25, -0.2) is 0 Å².